The number of hydrogen-bond donors (Lipinski definition) is 2. The molecule has 1 aliphatic rings. The first-order valence-electron chi connectivity index (χ1n) is 7.49. The van der Waals surface area contributed by atoms with Crippen LogP contribution < -0.4 is 10.6 Å². The molecule has 0 unspecified atom stereocenters. The highest BCUT2D eigenvalue weighted by atomic mass is 19.1. The fraction of sp³-hybridized carbons (Fsp3) is 0.250. The summed E-state index contributed by atoms with van der Waals surface area (Å²) in [5.41, 5.74) is 1.94. The highest BCUT2D eigenvalue weighted by molar-refractivity contribution is 6.07. The number of halogens is 1. The van der Waals surface area contributed by atoms with E-state index in [-0.39, 0.29) is 11.7 Å². The Hall–Kier alpha value is -2.83. The number of nitrogens with one attached hydrogen (secondary N) is 2. The molecule has 6 nitrogen and oxygen atoms in total. The first-order valence-corrected chi connectivity index (χ1v) is 7.49. The van der Waals surface area contributed by atoms with Gasteiger partial charge in [0, 0.05) is 31.0 Å². The number of anilines is 2. The summed E-state index contributed by atoms with van der Waals surface area (Å²) in [5.74, 6) is 0.270. The molecular formula is C16H16FN5O. The zero-order chi connectivity index (χ0) is 16.0. The van der Waals surface area contributed by atoms with Gasteiger partial charge in [-0.25, -0.2) is 9.07 Å². The van der Waals surface area contributed by atoms with Crippen LogP contribution >= 0.6 is 0 Å². The molecule has 3 heterocycles. The Bertz CT molecular complexity index is 911. The van der Waals surface area contributed by atoms with Crippen LogP contribution in [-0.2, 0) is 13.6 Å². The zero-order valence-electron chi connectivity index (χ0n) is 12.6. The first kappa shape index (κ1) is 13.8. The molecule has 7 heteroatoms. The molecule has 0 saturated heterocycles. The van der Waals surface area contributed by atoms with Gasteiger partial charge < -0.3 is 15.2 Å². The normalized spacial score (nSPS) is 13.7. The van der Waals surface area contributed by atoms with Gasteiger partial charge in [-0.15, -0.1) is 0 Å². The van der Waals surface area contributed by atoms with E-state index in [1.165, 1.54) is 12.1 Å². The Balaban J connectivity index is 1.67. The lowest BCUT2D eigenvalue weighted by Gasteiger charge is -2.17. The average molecular weight is 313 g/mol. The van der Waals surface area contributed by atoms with Crippen LogP contribution in [0, 0.1) is 5.82 Å². The van der Waals surface area contributed by atoms with E-state index in [1.54, 1.807) is 29.9 Å². The van der Waals surface area contributed by atoms with Crippen molar-refractivity contribution < 1.29 is 9.18 Å². The number of aryl methyl sites for hydroxylation is 2. The predicted molar refractivity (Wildman–Crippen MR) is 86.2 cm³/mol. The summed E-state index contributed by atoms with van der Waals surface area (Å²) in [5, 5.41) is 11.1. The van der Waals surface area contributed by atoms with Gasteiger partial charge in [0.2, 0.25) is 0 Å². The van der Waals surface area contributed by atoms with Crippen molar-refractivity contribution in [3.8, 4) is 0 Å². The minimum atomic E-state index is -0.315. The minimum absolute atomic E-state index is 0.243. The number of fused-ring (bicyclic) bond motifs is 2. The van der Waals surface area contributed by atoms with E-state index in [0.29, 0.717) is 16.8 Å². The molecule has 3 aromatic rings. The quantitative estimate of drug-likeness (QED) is 0.764. The summed E-state index contributed by atoms with van der Waals surface area (Å²) in [6.45, 7) is 1.70. The van der Waals surface area contributed by atoms with Crippen LogP contribution in [0.5, 0.6) is 0 Å². The lowest BCUT2D eigenvalue weighted by Crippen LogP contribution is -2.20. The van der Waals surface area contributed by atoms with Gasteiger partial charge in [-0.3, -0.25) is 4.79 Å². The topological polar surface area (TPSA) is 63.9 Å². The van der Waals surface area contributed by atoms with Crippen LogP contribution in [0.15, 0.2) is 30.5 Å². The van der Waals surface area contributed by atoms with Gasteiger partial charge in [0.1, 0.15) is 23.0 Å². The largest absolute Gasteiger partial charge is 0.368 e. The number of aromatic nitrogens is 3. The SMILES string of the molecule is Cn1c(C(=O)Nc2cnn3c2NCCC3)cc2cc(F)ccc21. The highest BCUT2D eigenvalue weighted by Gasteiger charge is 2.19. The van der Waals surface area contributed by atoms with E-state index in [0.717, 1.165) is 30.8 Å². The van der Waals surface area contributed by atoms with Gasteiger partial charge in [-0.05, 0) is 30.7 Å². The van der Waals surface area contributed by atoms with Crippen LogP contribution in [0.3, 0.4) is 0 Å². The third kappa shape index (κ3) is 2.25. The molecule has 23 heavy (non-hydrogen) atoms. The van der Waals surface area contributed by atoms with Crippen molar-refractivity contribution in [1.29, 1.82) is 0 Å². The Morgan fingerprint density at radius 3 is 3.13 bits per heavy atom. The molecule has 1 aromatic carbocycles. The first-order chi connectivity index (χ1) is 11.1. The Kier molecular flexibility index (Phi) is 3.07. The lowest BCUT2D eigenvalue weighted by atomic mass is 10.2. The number of carbonyl (C=O) groups is 1. The minimum Gasteiger partial charge on any atom is -0.368 e. The van der Waals surface area contributed by atoms with Gasteiger partial charge in [-0.1, -0.05) is 0 Å². The summed E-state index contributed by atoms with van der Waals surface area (Å²) in [7, 11) is 1.79. The van der Waals surface area contributed by atoms with Crippen molar-refractivity contribution in [2.75, 3.05) is 17.2 Å². The predicted octanol–water partition coefficient (Wildman–Crippen LogP) is 2.58. The molecule has 118 valence electrons. The molecule has 2 aromatic heterocycles. The average Bonchev–Trinajstić information content (AvgIpc) is 3.09. The van der Waals surface area contributed by atoms with E-state index in [4.69, 9.17) is 0 Å². The Labute approximate surface area is 131 Å². The summed E-state index contributed by atoms with van der Waals surface area (Å²) in [6, 6.07) is 6.18. The van der Waals surface area contributed by atoms with Crippen molar-refractivity contribution >= 4 is 28.3 Å². The molecule has 4 rings (SSSR count). The van der Waals surface area contributed by atoms with E-state index >= 15 is 0 Å². The molecule has 2 N–H and O–H groups in total. The van der Waals surface area contributed by atoms with Crippen LogP contribution in [0.4, 0.5) is 15.9 Å². The fourth-order valence-corrected chi connectivity index (χ4v) is 2.99. The maximum atomic E-state index is 13.3. The second kappa shape index (κ2) is 5.12. The molecular weight excluding hydrogens is 297 g/mol. The Morgan fingerprint density at radius 2 is 2.26 bits per heavy atom. The molecule has 0 fully saturated rings. The van der Waals surface area contributed by atoms with Gasteiger partial charge >= 0.3 is 0 Å². The van der Waals surface area contributed by atoms with Gasteiger partial charge in [-0.2, -0.15) is 5.10 Å². The number of carbonyl (C=O) groups excluding carboxylic acids is 1. The smallest absolute Gasteiger partial charge is 0.272 e. The van der Waals surface area contributed by atoms with Gasteiger partial charge in [0.25, 0.3) is 5.91 Å². The molecule has 0 aliphatic carbocycles. The molecule has 0 bridgehead atoms. The van der Waals surface area contributed by atoms with Crippen LogP contribution in [0.25, 0.3) is 10.9 Å². The standard InChI is InChI=1S/C16H16FN5O/c1-21-13-4-3-11(17)7-10(13)8-14(21)16(23)20-12-9-19-22-6-2-5-18-15(12)22/h3-4,7-9,18H,2,5-6H2,1H3,(H,20,23). The highest BCUT2D eigenvalue weighted by Crippen LogP contribution is 2.26. The summed E-state index contributed by atoms with van der Waals surface area (Å²) < 4.78 is 16.9. The second-order valence-corrected chi connectivity index (χ2v) is 5.66. The number of hydrogen-bond acceptors (Lipinski definition) is 3. The number of nitrogens with zero attached hydrogens (tertiary/aromatic N) is 3. The van der Waals surface area contributed by atoms with Gasteiger partial charge in [0.05, 0.1) is 6.20 Å². The maximum absolute atomic E-state index is 13.3. The number of benzene rings is 1. The van der Waals surface area contributed by atoms with Crippen molar-refractivity contribution in [3.63, 3.8) is 0 Å². The van der Waals surface area contributed by atoms with Gasteiger partial charge in [0.15, 0.2) is 0 Å². The van der Waals surface area contributed by atoms with Crippen LogP contribution in [0.2, 0.25) is 0 Å². The van der Waals surface area contributed by atoms with Crippen molar-refractivity contribution in [2.24, 2.45) is 7.05 Å². The molecule has 1 amide bonds. The third-order valence-corrected chi connectivity index (χ3v) is 4.16. The van der Waals surface area contributed by atoms with E-state index in [2.05, 4.69) is 15.7 Å². The number of amides is 1. The van der Waals surface area contributed by atoms with Crippen molar-refractivity contribution in [1.82, 2.24) is 14.3 Å². The maximum Gasteiger partial charge on any atom is 0.272 e. The van der Waals surface area contributed by atoms with E-state index < -0.39 is 0 Å². The summed E-state index contributed by atoms with van der Waals surface area (Å²) in [4.78, 5) is 12.6. The monoisotopic (exact) mass is 313 g/mol. The molecule has 0 saturated carbocycles. The third-order valence-electron chi connectivity index (χ3n) is 4.16. The molecule has 1 aliphatic heterocycles. The molecule has 0 radical (unpaired) electrons. The van der Waals surface area contributed by atoms with Crippen molar-refractivity contribution in [2.45, 2.75) is 13.0 Å². The number of rotatable bonds is 2. The summed E-state index contributed by atoms with van der Waals surface area (Å²) in [6.07, 6.45) is 2.66. The van der Waals surface area contributed by atoms with E-state index in [9.17, 15) is 9.18 Å². The Morgan fingerprint density at radius 1 is 1.39 bits per heavy atom. The van der Waals surface area contributed by atoms with Crippen LogP contribution in [-0.4, -0.2) is 26.8 Å². The van der Waals surface area contributed by atoms with E-state index in [1.807, 2.05) is 4.68 Å². The second-order valence-electron chi connectivity index (χ2n) is 5.66. The van der Waals surface area contributed by atoms with Crippen molar-refractivity contribution in [3.05, 3.63) is 42.0 Å². The lowest BCUT2D eigenvalue weighted by molar-refractivity contribution is 0.102. The summed E-state index contributed by atoms with van der Waals surface area (Å²) >= 11 is 0. The fourth-order valence-electron chi connectivity index (χ4n) is 2.99. The van der Waals surface area contributed by atoms with Crippen LogP contribution in [0.1, 0.15) is 16.9 Å². The molecule has 0 spiro atoms. The molecule has 0 atom stereocenters. The zero-order valence-corrected chi connectivity index (χ0v) is 12.6.